The van der Waals surface area contributed by atoms with Crippen LogP contribution in [0.2, 0.25) is 0 Å². The smallest absolute Gasteiger partial charge is 0.165 e. The Morgan fingerprint density at radius 3 is 2.48 bits per heavy atom. The van der Waals surface area contributed by atoms with Crippen molar-refractivity contribution in [1.82, 2.24) is 5.16 Å². The van der Waals surface area contributed by atoms with Crippen LogP contribution in [0.25, 0.3) is 0 Å². The van der Waals surface area contributed by atoms with Crippen LogP contribution >= 0.6 is 0 Å². The van der Waals surface area contributed by atoms with E-state index in [1.165, 1.54) is 44.9 Å². The Hall–Kier alpha value is -0.870. The molecule has 4 aliphatic carbocycles. The second kappa shape index (κ2) is 6.56. The van der Waals surface area contributed by atoms with Gasteiger partial charge in [-0.05, 0) is 106 Å². The van der Waals surface area contributed by atoms with Gasteiger partial charge in [-0.2, -0.15) is 0 Å². The zero-order chi connectivity index (χ0) is 20.6. The molecular formula is C25H39NO3. The van der Waals surface area contributed by atoms with Gasteiger partial charge in [-0.1, -0.05) is 19.0 Å². The number of rotatable bonds is 2. The normalized spacial score (nSPS) is 50.5. The third kappa shape index (κ3) is 2.96. The van der Waals surface area contributed by atoms with Crippen LogP contribution in [-0.4, -0.2) is 21.0 Å². The molecule has 0 radical (unpaired) electrons. The van der Waals surface area contributed by atoms with Crippen LogP contribution < -0.4 is 0 Å². The van der Waals surface area contributed by atoms with E-state index in [-0.39, 0.29) is 0 Å². The fraction of sp³-hybridized carbons (Fsp3) is 0.880. The van der Waals surface area contributed by atoms with Gasteiger partial charge in [0.2, 0.25) is 0 Å². The molecule has 0 aliphatic heterocycles. The SMILES string of the molecule is CC(O)c1cc(C2CC[C@H]3[C@@H]4CC[C@H]5C[C@](C)(O)CC[C@]5(C)[C@H]4CC[C@]23C)no1. The summed E-state index contributed by atoms with van der Waals surface area (Å²) in [4.78, 5) is 0. The third-order valence-corrected chi connectivity index (χ3v) is 10.3. The average molecular weight is 402 g/mol. The number of aliphatic hydroxyl groups is 2. The van der Waals surface area contributed by atoms with Crippen molar-refractivity contribution in [2.75, 3.05) is 0 Å². The molecule has 0 amide bonds. The summed E-state index contributed by atoms with van der Waals surface area (Å²) in [5, 5.41) is 24.9. The molecule has 4 nitrogen and oxygen atoms in total. The molecular weight excluding hydrogens is 362 g/mol. The number of nitrogens with zero attached hydrogens (tertiary/aromatic N) is 1. The fourth-order valence-corrected chi connectivity index (χ4v) is 8.58. The highest BCUT2D eigenvalue weighted by molar-refractivity contribution is 5.21. The lowest BCUT2D eigenvalue weighted by Crippen LogP contribution is -2.55. The van der Waals surface area contributed by atoms with Crippen LogP contribution in [0.5, 0.6) is 0 Å². The Morgan fingerprint density at radius 1 is 1.00 bits per heavy atom. The van der Waals surface area contributed by atoms with Gasteiger partial charge in [0.05, 0.1) is 11.3 Å². The molecule has 0 spiro atoms. The van der Waals surface area contributed by atoms with E-state index in [1.54, 1.807) is 6.92 Å². The Labute approximate surface area is 175 Å². The summed E-state index contributed by atoms with van der Waals surface area (Å²) >= 11 is 0. The van der Waals surface area contributed by atoms with Crippen LogP contribution in [0, 0.1) is 34.5 Å². The molecule has 0 bridgehead atoms. The van der Waals surface area contributed by atoms with Gasteiger partial charge in [0, 0.05) is 12.0 Å². The van der Waals surface area contributed by atoms with Crippen molar-refractivity contribution in [3.05, 3.63) is 17.5 Å². The molecule has 5 rings (SSSR count). The lowest BCUT2D eigenvalue weighted by Gasteiger charge is -2.61. The molecule has 0 saturated heterocycles. The van der Waals surface area contributed by atoms with E-state index >= 15 is 0 Å². The maximum Gasteiger partial charge on any atom is 0.165 e. The molecule has 2 unspecified atom stereocenters. The molecule has 9 atom stereocenters. The summed E-state index contributed by atoms with van der Waals surface area (Å²) in [7, 11) is 0. The first-order valence-corrected chi connectivity index (χ1v) is 12.0. The first-order valence-electron chi connectivity index (χ1n) is 12.0. The van der Waals surface area contributed by atoms with Gasteiger partial charge in [0.15, 0.2) is 5.76 Å². The topological polar surface area (TPSA) is 66.5 Å². The lowest BCUT2D eigenvalue weighted by atomic mass is 9.44. The average Bonchev–Trinajstić information content (AvgIpc) is 3.26. The molecule has 4 heteroatoms. The number of hydrogen-bond donors (Lipinski definition) is 2. The molecule has 1 aromatic rings. The molecule has 4 saturated carbocycles. The Morgan fingerprint density at radius 2 is 1.76 bits per heavy atom. The minimum atomic E-state index is -0.587. The molecule has 162 valence electrons. The monoisotopic (exact) mass is 401 g/mol. The van der Waals surface area contributed by atoms with Gasteiger partial charge >= 0.3 is 0 Å². The minimum absolute atomic E-state index is 0.303. The second-order valence-electron chi connectivity index (χ2n) is 11.9. The summed E-state index contributed by atoms with van der Waals surface area (Å²) in [6, 6.07) is 2.01. The lowest BCUT2D eigenvalue weighted by molar-refractivity contribution is -0.143. The Balaban J connectivity index is 1.40. The predicted octanol–water partition coefficient (Wildman–Crippen LogP) is 5.61. The maximum absolute atomic E-state index is 10.7. The van der Waals surface area contributed by atoms with E-state index < -0.39 is 11.7 Å². The largest absolute Gasteiger partial charge is 0.390 e. The van der Waals surface area contributed by atoms with Crippen LogP contribution in [0.3, 0.4) is 0 Å². The van der Waals surface area contributed by atoms with Gasteiger partial charge in [0.1, 0.15) is 6.10 Å². The van der Waals surface area contributed by atoms with Crippen molar-refractivity contribution in [2.45, 2.75) is 103 Å². The van der Waals surface area contributed by atoms with Crippen molar-refractivity contribution in [1.29, 1.82) is 0 Å². The van der Waals surface area contributed by atoms with Gasteiger partial charge < -0.3 is 14.7 Å². The molecule has 1 aromatic heterocycles. The van der Waals surface area contributed by atoms with Gasteiger partial charge in [-0.25, -0.2) is 0 Å². The Kier molecular flexibility index (Phi) is 4.54. The van der Waals surface area contributed by atoms with E-state index in [1.807, 2.05) is 6.07 Å². The highest BCUT2D eigenvalue weighted by atomic mass is 16.5. The van der Waals surface area contributed by atoms with Crippen molar-refractivity contribution in [3.63, 3.8) is 0 Å². The van der Waals surface area contributed by atoms with Gasteiger partial charge in [0.25, 0.3) is 0 Å². The van der Waals surface area contributed by atoms with E-state index in [9.17, 15) is 10.2 Å². The highest BCUT2D eigenvalue weighted by Crippen LogP contribution is 2.69. The number of aromatic nitrogens is 1. The molecule has 1 heterocycles. The number of hydrogen-bond acceptors (Lipinski definition) is 4. The van der Waals surface area contributed by atoms with Crippen molar-refractivity contribution in [2.24, 2.45) is 34.5 Å². The van der Waals surface area contributed by atoms with Crippen LogP contribution in [0.1, 0.15) is 109 Å². The predicted molar refractivity (Wildman–Crippen MR) is 112 cm³/mol. The highest BCUT2D eigenvalue weighted by Gasteiger charge is 2.61. The second-order valence-corrected chi connectivity index (χ2v) is 11.9. The zero-order valence-electron chi connectivity index (χ0n) is 18.7. The third-order valence-electron chi connectivity index (χ3n) is 10.3. The van der Waals surface area contributed by atoms with Crippen molar-refractivity contribution >= 4 is 0 Å². The fourth-order valence-electron chi connectivity index (χ4n) is 8.58. The van der Waals surface area contributed by atoms with Gasteiger partial charge in [-0.3, -0.25) is 0 Å². The van der Waals surface area contributed by atoms with Crippen LogP contribution in [0.4, 0.5) is 0 Å². The summed E-state index contributed by atoms with van der Waals surface area (Å²) < 4.78 is 5.45. The van der Waals surface area contributed by atoms with E-state index in [4.69, 9.17) is 4.52 Å². The summed E-state index contributed by atoms with van der Waals surface area (Å²) in [6.07, 6.45) is 10.3. The summed E-state index contributed by atoms with van der Waals surface area (Å²) in [6.45, 7) is 8.88. The number of aliphatic hydroxyl groups excluding tert-OH is 1. The molecule has 4 aliphatic rings. The molecule has 4 fully saturated rings. The summed E-state index contributed by atoms with van der Waals surface area (Å²) in [5.74, 6) is 4.17. The molecule has 29 heavy (non-hydrogen) atoms. The first-order chi connectivity index (χ1) is 13.6. The zero-order valence-corrected chi connectivity index (χ0v) is 18.7. The van der Waals surface area contributed by atoms with Crippen LogP contribution in [0.15, 0.2) is 10.6 Å². The Bertz CT molecular complexity index is 770. The number of fused-ring (bicyclic) bond motifs is 5. The van der Waals surface area contributed by atoms with Gasteiger partial charge in [-0.15, -0.1) is 0 Å². The standard InChI is InChI=1S/C25H39NO3/c1-15(27)22-13-21(26-29-22)20-8-7-18-17-6-5-16-14-23(2,28)11-12-24(16,3)19(17)9-10-25(18,20)4/h13,15-20,27-28H,5-12,14H2,1-4H3/t15?,16-,17-,18-,19-,20?,23+,24-,25-/m0/s1. The summed E-state index contributed by atoms with van der Waals surface area (Å²) in [5.41, 5.74) is 1.33. The van der Waals surface area contributed by atoms with E-state index in [2.05, 4.69) is 25.9 Å². The maximum atomic E-state index is 10.7. The van der Waals surface area contributed by atoms with Crippen LogP contribution in [-0.2, 0) is 0 Å². The minimum Gasteiger partial charge on any atom is -0.390 e. The van der Waals surface area contributed by atoms with Crippen molar-refractivity contribution < 1.29 is 14.7 Å². The molecule has 0 aromatic carbocycles. The first kappa shape index (κ1) is 20.1. The van der Waals surface area contributed by atoms with E-state index in [0.717, 1.165) is 36.3 Å². The van der Waals surface area contributed by atoms with E-state index in [0.29, 0.717) is 28.4 Å². The molecule has 2 N–H and O–H groups in total. The van der Waals surface area contributed by atoms with Crippen molar-refractivity contribution in [3.8, 4) is 0 Å². The quantitative estimate of drug-likeness (QED) is 0.676.